The van der Waals surface area contributed by atoms with Gasteiger partial charge in [0.2, 0.25) is 11.5 Å². The molecule has 0 aliphatic carbocycles. The summed E-state index contributed by atoms with van der Waals surface area (Å²) >= 11 is 0. The lowest BCUT2D eigenvalue weighted by Gasteiger charge is -2.46. The van der Waals surface area contributed by atoms with Gasteiger partial charge in [-0.15, -0.1) is 0 Å². The van der Waals surface area contributed by atoms with E-state index in [0.29, 0.717) is 11.3 Å². The molecule has 5 nitrogen and oxygen atoms in total. The van der Waals surface area contributed by atoms with E-state index < -0.39 is 11.1 Å². The van der Waals surface area contributed by atoms with Crippen molar-refractivity contribution in [3.63, 3.8) is 0 Å². The normalized spacial score (nSPS) is 20.8. The van der Waals surface area contributed by atoms with Crippen molar-refractivity contribution in [3.8, 4) is 5.75 Å². The summed E-state index contributed by atoms with van der Waals surface area (Å²) < 4.78 is 6.64. The SMILES string of the molecule is CC1(C)c2ccccc2N(c2ccccc2)[C@]12C=Cc1cccc([N+](=O)[O-])c1O2. The number of nitro benzene ring substituents is 1. The van der Waals surface area contributed by atoms with Gasteiger partial charge in [-0.2, -0.15) is 0 Å². The van der Waals surface area contributed by atoms with E-state index in [4.69, 9.17) is 4.74 Å². The monoisotopic (exact) mass is 384 g/mol. The standard InChI is InChI=1S/C24H20N2O3/c1-23(2)19-12-6-7-13-20(19)25(18-10-4-3-5-11-18)24(23)16-15-17-9-8-14-21(26(27)28)22(17)29-24/h3-16H,1-2H3/t24-/m0/s1. The molecule has 2 aliphatic rings. The molecule has 29 heavy (non-hydrogen) atoms. The number of hydrogen-bond donors (Lipinski definition) is 0. The summed E-state index contributed by atoms with van der Waals surface area (Å²) in [6, 6.07) is 23.2. The van der Waals surface area contributed by atoms with E-state index in [1.165, 1.54) is 6.07 Å². The summed E-state index contributed by atoms with van der Waals surface area (Å²) in [5.74, 6) is 0.307. The highest BCUT2D eigenvalue weighted by Crippen LogP contribution is 2.58. The minimum Gasteiger partial charge on any atom is -0.455 e. The lowest BCUT2D eigenvalue weighted by atomic mass is 9.76. The molecule has 0 fully saturated rings. The third-order valence-corrected chi connectivity index (χ3v) is 6.03. The Morgan fingerprint density at radius 3 is 2.41 bits per heavy atom. The van der Waals surface area contributed by atoms with Gasteiger partial charge in [-0.3, -0.25) is 15.0 Å². The first-order valence-electron chi connectivity index (χ1n) is 9.56. The number of anilines is 2. The van der Waals surface area contributed by atoms with Crippen LogP contribution < -0.4 is 9.64 Å². The quantitative estimate of drug-likeness (QED) is 0.412. The Morgan fingerprint density at radius 2 is 1.66 bits per heavy atom. The maximum Gasteiger partial charge on any atom is 0.311 e. The van der Waals surface area contributed by atoms with E-state index in [0.717, 1.165) is 16.9 Å². The zero-order valence-electron chi connectivity index (χ0n) is 16.2. The van der Waals surface area contributed by atoms with Crippen molar-refractivity contribution in [1.29, 1.82) is 0 Å². The van der Waals surface area contributed by atoms with Crippen molar-refractivity contribution in [1.82, 2.24) is 0 Å². The molecule has 1 atom stereocenters. The van der Waals surface area contributed by atoms with Gasteiger partial charge in [0.15, 0.2) is 0 Å². The van der Waals surface area contributed by atoms with E-state index in [-0.39, 0.29) is 10.6 Å². The Kier molecular flexibility index (Phi) is 3.59. The van der Waals surface area contributed by atoms with Gasteiger partial charge < -0.3 is 4.74 Å². The lowest BCUT2D eigenvalue weighted by molar-refractivity contribution is -0.386. The molecular weight excluding hydrogens is 364 g/mol. The van der Waals surface area contributed by atoms with Crippen LogP contribution in [0.1, 0.15) is 25.0 Å². The number of nitro groups is 1. The third-order valence-electron chi connectivity index (χ3n) is 6.03. The fourth-order valence-electron chi connectivity index (χ4n) is 4.53. The molecule has 2 aliphatic heterocycles. The van der Waals surface area contributed by atoms with Gasteiger partial charge in [-0.25, -0.2) is 0 Å². The number of nitrogens with zero attached hydrogens (tertiary/aromatic N) is 2. The van der Waals surface area contributed by atoms with E-state index in [2.05, 4.69) is 30.9 Å². The van der Waals surface area contributed by atoms with Crippen LogP contribution in [0, 0.1) is 10.1 Å². The Morgan fingerprint density at radius 1 is 0.931 bits per heavy atom. The van der Waals surface area contributed by atoms with Crippen LogP contribution in [0.4, 0.5) is 17.1 Å². The molecular formula is C24H20N2O3. The summed E-state index contributed by atoms with van der Waals surface area (Å²) in [6.07, 6.45) is 3.97. The molecule has 0 unspecified atom stereocenters. The summed E-state index contributed by atoms with van der Waals surface area (Å²) in [6.45, 7) is 4.25. The maximum absolute atomic E-state index is 11.7. The van der Waals surface area contributed by atoms with E-state index in [1.807, 2.05) is 60.7 Å². The smallest absolute Gasteiger partial charge is 0.311 e. The molecule has 0 N–H and O–H groups in total. The van der Waals surface area contributed by atoms with E-state index in [9.17, 15) is 10.1 Å². The van der Waals surface area contributed by atoms with Gasteiger partial charge in [0.1, 0.15) is 0 Å². The molecule has 5 heteroatoms. The fourth-order valence-corrected chi connectivity index (χ4v) is 4.53. The van der Waals surface area contributed by atoms with Gasteiger partial charge in [-0.1, -0.05) is 48.5 Å². The predicted octanol–water partition coefficient (Wildman–Crippen LogP) is 5.83. The molecule has 5 rings (SSSR count). The molecule has 1 spiro atoms. The van der Waals surface area contributed by atoms with Crippen LogP contribution in [0.5, 0.6) is 5.75 Å². The first kappa shape index (κ1) is 17.5. The molecule has 0 saturated heterocycles. The first-order valence-corrected chi connectivity index (χ1v) is 9.56. The largest absolute Gasteiger partial charge is 0.455 e. The number of para-hydroxylation sites is 3. The molecule has 2 heterocycles. The summed E-state index contributed by atoms with van der Waals surface area (Å²) in [7, 11) is 0. The second-order valence-electron chi connectivity index (χ2n) is 7.90. The Labute approximate surface area is 169 Å². The highest BCUT2D eigenvalue weighted by Gasteiger charge is 2.60. The average molecular weight is 384 g/mol. The zero-order valence-corrected chi connectivity index (χ0v) is 16.2. The van der Waals surface area contributed by atoms with E-state index >= 15 is 0 Å². The number of fused-ring (bicyclic) bond motifs is 2. The highest BCUT2D eigenvalue weighted by atomic mass is 16.6. The molecule has 0 bridgehead atoms. The third kappa shape index (κ3) is 2.27. The van der Waals surface area contributed by atoms with Crippen molar-refractivity contribution >= 4 is 23.1 Å². The molecule has 144 valence electrons. The first-order chi connectivity index (χ1) is 14.0. The minimum atomic E-state index is -0.933. The Hall–Kier alpha value is -3.60. The Balaban J connectivity index is 1.79. The molecule has 0 saturated carbocycles. The molecule has 0 aromatic heterocycles. The molecule has 0 radical (unpaired) electrons. The maximum atomic E-state index is 11.7. The minimum absolute atomic E-state index is 0.0222. The van der Waals surface area contributed by atoms with Crippen LogP contribution in [-0.2, 0) is 5.41 Å². The molecule has 0 amide bonds. The molecule has 3 aromatic rings. The van der Waals surface area contributed by atoms with Crippen LogP contribution in [-0.4, -0.2) is 10.6 Å². The fraction of sp³-hybridized carbons (Fsp3) is 0.167. The second-order valence-corrected chi connectivity index (χ2v) is 7.90. The highest BCUT2D eigenvalue weighted by molar-refractivity contribution is 5.80. The van der Waals surface area contributed by atoms with E-state index in [1.54, 1.807) is 6.07 Å². The van der Waals surface area contributed by atoms with Gasteiger partial charge >= 0.3 is 5.69 Å². The van der Waals surface area contributed by atoms with Gasteiger partial charge in [0.05, 0.1) is 10.3 Å². The van der Waals surface area contributed by atoms with Crippen LogP contribution in [0.15, 0.2) is 78.9 Å². The van der Waals surface area contributed by atoms with Crippen molar-refractivity contribution in [2.75, 3.05) is 4.90 Å². The van der Waals surface area contributed by atoms with Crippen molar-refractivity contribution < 1.29 is 9.66 Å². The van der Waals surface area contributed by atoms with Crippen molar-refractivity contribution in [3.05, 3.63) is 100 Å². The van der Waals surface area contributed by atoms with Gasteiger partial charge in [0.25, 0.3) is 0 Å². The summed E-state index contributed by atoms with van der Waals surface area (Å²) in [5, 5.41) is 11.7. The van der Waals surface area contributed by atoms with Gasteiger partial charge in [-0.05, 0) is 49.8 Å². The number of benzene rings is 3. The second kappa shape index (κ2) is 5.95. The number of ether oxygens (including phenoxy) is 1. The number of hydrogen-bond acceptors (Lipinski definition) is 4. The Bertz CT molecular complexity index is 1150. The summed E-state index contributed by atoms with van der Waals surface area (Å²) in [4.78, 5) is 13.5. The van der Waals surface area contributed by atoms with Crippen molar-refractivity contribution in [2.24, 2.45) is 0 Å². The number of rotatable bonds is 2. The van der Waals surface area contributed by atoms with Crippen LogP contribution in [0.25, 0.3) is 6.08 Å². The van der Waals surface area contributed by atoms with Crippen LogP contribution >= 0.6 is 0 Å². The van der Waals surface area contributed by atoms with Crippen LogP contribution in [0.3, 0.4) is 0 Å². The van der Waals surface area contributed by atoms with Crippen LogP contribution in [0.2, 0.25) is 0 Å². The lowest BCUT2D eigenvalue weighted by Crippen LogP contribution is -2.57. The zero-order chi connectivity index (χ0) is 20.2. The average Bonchev–Trinajstić information content (AvgIpc) is 2.92. The predicted molar refractivity (Wildman–Crippen MR) is 114 cm³/mol. The van der Waals surface area contributed by atoms with Crippen molar-refractivity contribution in [2.45, 2.75) is 25.0 Å². The topological polar surface area (TPSA) is 55.6 Å². The van der Waals surface area contributed by atoms with Gasteiger partial charge in [0, 0.05) is 23.0 Å². The molecule has 3 aromatic carbocycles. The summed E-state index contributed by atoms with van der Waals surface area (Å²) in [5.41, 5.74) is 2.44.